The van der Waals surface area contributed by atoms with Crippen molar-refractivity contribution >= 4 is 65.9 Å². The SMILES string of the molecule is C=C/C=C(\C=C/C)N1c2ccccc2-c2c(n(-c3ccc4c(c3)c3cc(-n5c6ccccc6c6ccccc65)ccc3n4-c3ccccc3)c3ccccc23)-c2ccccc21. The van der Waals surface area contributed by atoms with Gasteiger partial charge in [0.1, 0.15) is 0 Å². The maximum atomic E-state index is 4.11. The zero-order chi connectivity index (χ0) is 40.6. The summed E-state index contributed by atoms with van der Waals surface area (Å²) in [4.78, 5) is 2.39. The van der Waals surface area contributed by atoms with Gasteiger partial charge in [0.25, 0.3) is 0 Å². The van der Waals surface area contributed by atoms with Gasteiger partial charge in [-0.3, -0.25) is 0 Å². The van der Waals surface area contributed by atoms with E-state index >= 15 is 0 Å². The monoisotopic (exact) mass is 780 g/mol. The largest absolute Gasteiger partial charge is 0.309 e. The molecule has 0 bridgehead atoms. The molecular formula is C57H40N4. The zero-order valence-electron chi connectivity index (χ0n) is 33.7. The molecule has 0 saturated heterocycles. The first-order valence-corrected chi connectivity index (χ1v) is 20.9. The maximum Gasteiger partial charge on any atom is 0.0641 e. The van der Waals surface area contributed by atoms with E-state index in [1.54, 1.807) is 0 Å². The number of allylic oxidation sites excluding steroid dienone is 4. The van der Waals surface area contributed by atoms with E-state index in [-0.39, 0.29) is 0 Å². The van der Waals surface area contributed by atoms with Crippen LogP contribution in [0.4, 0.5) is 11.4 Å². The fourth-order valence-electron chi connectivity index (χ4n) is 10.0. The van der Waals surface area contributed by atoms with Crippen molar-refractivity contribution in [2.24, 2.45) is 0 Å². The highest BCUT2D eigenvalue weighted by molar-refractivity contribution is 6.15. The van der Waals surface area contributed by atoms with Crippen LogP contribution in [0.15, 0.2) is 225 Å². The van der Waals surface area contributed by atoms with E-state index in [9.17, 15) is 0 Å². The average Bonchev–Trinajstić information content (AvgIpc) is 3.92. The Kier molecular flexibility index (Phi) is 7.87. The van der Waals surface area contributed by atoms with Crippen molar-refractivity contribution in [3.8, 4) is 39.4 Å². The first kappa shape index (κ1) is 34.9. The second-order valence-corrected chi connectivity index (χ2v) is 15.7. The second-order valence-electron chi connectivity index (χ2n) is 15.7. The minimum atomic E-state index is 1.05. The number of fused-ring (bicyclic) bond motifs is 13. The summed E-state index contributed by atoms with van der Waals surface area (Å²) in [5, 5.41) is 6.11. The molecule has 0 spiro atoms. The van der Waals surface area contributed by atoms with Crippen molar-refractivity contribution in [3.63, 3.8) is 0 Å². The number of hydrogen-bond acceptors (Lipinski definition) is 1. The average molecular weight is 781 g/mol. The Bertz CT molecular complexity index is 3570. The molecule has 1 aliphatic rings. The van der Waals surface area contributed by atoms with Crippen molar-refractivity contribution in [1.29, 1.82) is 0 Å². The van der Waals surface area contributed by atoms with Gasteiger partial charge in [-0.15, -0.1) is 0 Å². The molecular weight excluding hydrogens is 741 g/mol. The van der Waals surface area contributed by atoms with Crippen molar-refractivity contribution < 1.29 is 0 Å². The Hall–Kier alpha value is -8.08. The van der Waals surface area contributed by atoms with Crippen molar-refractivity contribution in [3.05, 3.63) is 225 Å². The molecule has 4 nitrogen and oxygen atoms in total. The van der Waals surface area contributed by atoms with Gasteiger partial charge in [-0.1, -0.05) is 128 Å². The van der Waals surface area contributed by atoms with E-state index in [0.29, 0.717) is 0 Å². The number of para-hydroxylation sites is 6. The van der Waals surface area contributed by atoms with E-state index in [1.807, 2.05) is 6.08 Å². The first-order valence-electron chi connectivity index (χ1n) is 20.9. The summed E-state index contributed by atoms with van der Waals surface area (Å²) < 4.78 is 7.33. The third-order valence-corrected chi connectivity index (χ3v) is 12.4. The fraction of sp³-hybridized carbons (Fsp3) is 0.0175. The number of anilines is 2. The van der Waals surface area contributed by atoms with Crippen LogP contribution in [0.3, 0.4) is 0 Å². The molecule has 3 aromatic heterocycles. The van der Waals surface area contributed by atoms with Crippen molar-refractivity contribution in [2.45, 2.75) is 6.92 Å². The Morgan fingerprint density at radius 3 is 1.52 bits per heavy atom. The van der Waals surface area contributed by atoms with Crippen LogP contribution in [0.1, 0.15) is 6.92 Å². The van der Waals surface area contributed by atoms with Gasteiger partial charge in [-0.25, -0.2) is 0 Å². The van der Waals surface area contributed by atoms with Crippen molar-refractivity contribution in [2.75, 3.05) is 4.90 Å². The molecule has 0 radical (unpaired) electrons. The van der Waals surface area contributed by atoms with Gasteiger partial charge in [-0.2, -0.15) is 0 Å². The predicted octanol–water partition coefficient (Wildman–Crippen LogP) is 15.3. The molecule has 0 N–H and O–H groups in total. The molecule has 4 heterocycles. The quantitative estimate of drug-likeness (QED) is 0.154. The molecule has 0 aliphatic carbocycles. The van der Waals surface area contributed by atoms with Crippen LogP contribution in [0, 0.1) is 0 Å². The van der Waals surface area contributed by atoms with E-state index in [1.165, 1.54) is 60.3 Å². The van der Waals surface area contributed by atoms with Crippen LogP contribution < -0.4 is 4.90 Å². The van der Waals surface area contributed by atoms with Gasteiger partial charge in [0.05, 0.1) is 44.7 Å². The fourth-order valence-corrected chi connectivity index (χ4v) is 10.0. The predicted molar refractivity (Wildman–Crippen MR) is 258 cm³/mol. The maximum absolute atomic E-state index is 4.11. The highest BCUT2D eigenvalue weighted by atomic mass is 15.2. The number of rotatable bonds is 6. The lowest BCUT2D eigenvalue weighted by molar-refractivity contribution is 1.13. The smallest absolute Gasteiger partial charge is 0.0641 e. The molecule has 288 valence electrons. The lowest BCUT2D eigenvalue weighted by Gasteiger charge is -2.28. The Balaban J connectivity index is 1.18. The second kappa shape index (κ2) is 13.8. The molecule has 8 aromatic carbocycles. The van der Waals surface area contributed by atoms with Gasteiger partial charge >= 0.3 is 0 Å². The molecule has 0 amide bonds. The van der Waals surface area contributed by atoms with Crippen LogP contribution in [-0.4, -0.2) is 13.7 Å². The van der Waals surface area contributed by atoms with E-state index in [4.69, 9.17) is 0 Å². The molecule has 1 aliphatic heterocycles. The van der Waals surface area contributed by atoms with Gasteiger partial charge in [0.2, 0.25) is 0 Å². The lowest BCUT2D eigenvalue weighted by Crippen LogP contribution is -2.16. The summed E-state index contributed by atoms with van der Waals surface area (Å²) in [6.45, 7) is 6.18. The zero-order valence-corrected chi connectivity index (χ0v) is 33.7. The number of nitrogens with zero attached hydrogens (tertiary/aromatic N) is 4. The minimum Gasteiger partial charge on any atom is -0.309 e. The van der Waals surface area contributed by atoms with Gasteiger partial charge in [-0.05, 0) is 97.9 Å². The summed E-state index contributed by atoms with van der Waals surface area (Å²) in [6, 6.07) is 68.8. The summed E-state index contributed by atoms with van der Waals surface area (Å²) in [5.74, 6) is 0. The number of aromatic nitrogens is 3. The van der Waals surface area contributed by atoms with Crippen LogP contribution >= 0.6 is 0 Å². The third-order valence-electron chi connectivity index (χ3n) is 12.4. The summed E-state index contributed by atoms with van der Waals surface area (Å²) in [6.07, 6.45) is 8.24. The highest BCUT2D eigenvalue weighted by Gasteiger charge is 2.31. The highest BCUT2D eigenvalue weighted by Crippen LogP contribution is 2.53. The topological polar surface area (TPSA) is 18.0 Å². The summed E-state index contributed by atoms with van der Waals surface area (Å²) in [7, 11) is 0. The van der Waals surface area contributed by atoms with Gasteiger partial charge in [0, 0.05) is 66.4 Å². The Morgan fingerprint density at radius 1 is 0.426 bits per heavy atom. The van der Waals surface area contributed by atoms with Crippen LogP contribution in [-0.2, 0) is 0 Å². The summed E-state index contributed by atoms with van der Waals surface area (Å²) in [5.41, 5.74) is 17.3. The van der Waals surface area contributed by atoms with Crippen LogP contribution in [0.2, 0.25) is 0 Å². The number of benzene rings is 8. The summed E-state index contributed by atoms with van der Waals surface area (Å²) >= 11 is 0. The van der Waals surface area contributed by atoms with Crippen molar-refractivity contribution in [1.82, 2.24) is 13.7 Å². The van der Waals surface area contributed by atoms with E-state index in [0.717, 1.165) is 50.7 Å². The number of hydrogen-bond donors (Lipinski definition) is 0. The Morgan fingerprint density at radius 2 is 0.902 bits per heavy atom. The molecule has 0 fully saturated rings. The molecule has 4 heteroatoms. The third kappa shape index (κ3) is 5.12. The van der Waals surface area contributed by atoms with Crippen LogP contribution in [0.25, 0.3) is 94.0 Å². The molecule has 11 aromatic rings. The minimum absolute atomic E-state index is 1.05. The molecule has 0 atom stereocenters. The van der Waals surface area contributed by atoms with Gasteiger partial charge < -0.3 is 18.6 Å². The Labute approximate surface area is 354 Å². The normalized spacial score (nSPS) is 12.7. The first-order chi connectivity index (χ1) is 30.2. The molecule has 12 rings (SSSR count). The molecule has 0 saturated carbocycles. The lowest BCUT2D eigenvalue weighted by atomic mass is 9.98. The van der Waals surface area contributed by atoms with Gasteiger partial charge in [0.15, 0.2) is 0 Å². The van der Waals surface area contributed by atoms with E-state index in [2.05, 4.69) is 238 Å². The molecule has 0 unspecified atom stereocenters. The molecule has 61 heavy (non-hydrogen) atoms. The van der Waals surface area contributed by atoms with E-state index < -0.39 is 0 Å². The van der Waals surface area contributed by atoms with Crippen LogP contribution in [0.5, 0.6) is 0 Å². The standard InChI is InChI=1S/C57H40N4/c1-3-18-38(19-4-2)58-51-29-15-10-24-44(51)56-45-25-11-16-30-52(45)61(57(56)46-26-12-17-31-53(46)58)41-33-35-55-48(37-41)47-36-40(32-34-54(47)59(55)39-20-6-5-7-21-39)60-49-27-13-8-22-42(49)43-23-9-14-28-50(43)60/h3-37H,1H2,2H3/b19-4-,38-18+.